The quantitative estimate of drug-likeness (QED) is 0.928. The van der Waals surface area contributed by atoms with Gasteiger partial charge in [0.25, 0.3) is 0 Å². The van der Waals surface area contributed by atoms with E-state index in [-0.39, 0.29) is 5.25 Å². The smallest absolute Gasteiger partial charge is 0.181 e. The first kappa shape index (κ1) is 15.5. The molecule has 2 atom stereocenters. The average molecular weight is 295 g/mol. The summed E-state index contributed by atoms with van der Waals surface area (Å²) in [7, 11) is -1.27. The van der Waals surface area contributed by atoms with Crippen LogP contribution < -0.4 is 5.32 Å². The first-order valence-corrected chi connectivity index (χ1v) is 9.01. The Kier molecular flexibility index (Phi) is 4.86. The SMILES string of the molecule is CNC1CCCC(S(=O)(=O)c2ccc(C(C)C)cc2)C1. The fourth-order valence-corrected chi connectivity index (χ4v) is 4.79. The fourth-order valence-electron chi connectivity index (χ4n) is 2.92. The second-order valence-electron chi connectivity index (χ2n) is 6.04. The summed E-state index contributed by atoms with van der Waals surface area (Å²) in [4.78, 5) is 0.476. The van der Waals surface area contributed by atoms with Crippen LogP contribution in [-0.4, -0.2) is 26.8 Å². The molecule has 0 aromatic heterocycles. The molecule has 1 aromatic rings. The van der Waals surface area contributed by atoms with Crippen molar-refractivity contribution in [3.8, 4) is 0 Å². The van der Waals surface area contributed by atoms with Crippen molar-refractivity contribution in [2.45, 2.75) is 61.6 Å². The second-order valence-corrected chi connectivity index (χ2v) is 8.27. The molecule has 1 aliphatic rings. The van der Waals surface area contributed by atoms with Gasteiger partial charge in [0.15, 0.2) is 9.84 Å². The molecule has 0 spiro atoms. The normalized spacial score (nSPS) is 24.0. The van der Waals surface area contributed by atoms with Gasteiger partial charge in [0.05, 0.1) is 10.1 Å². The van der Waals surface area contributed by atoms with Crippen molar-refractivity contribution in [3.05, 3.63) is 29.8 Å². The van der Waals surface area contributed by atoms with Crippen LogP contribution in [0.1, 0.15) is 51.0 Å². The molecule has 20 heavy (non-hydrogen) atoms. The first-order chi connectivity index (χ1) is 9.45. The van der Waals surface area contributed by atoms with E-state index in [4.69, 9.17) is 0 Å². The van der Waals surface area contributed by atoms with Gasteiger partial charge >= 0.3 is 0 Å². The lowest BCUT2D eigenvalue weighted by Gasteiger charge is -2.28. The third kappa shape index (κ3) is 3.23. The highest BCUT2D eigenvalue weighted by atomic mass is 32.2. The van der Waals surface area contributed by atoms with Crippen molar-refractivity contribution in [3.63, 3.8) is 0 Å². The summed E-state index contributed by atoms with van der Waals surface area (Å²) >= 11 is 0. The third-order valence-electron chi connectivity index (χ3n) is 4.35. The minimum Gasteiger partial charge on any atom is -0.317 e. The lowest BCUT2D eigenvalue weighted by Crippen LogP contribution is -2.37. The number of nitrogens with one attached hydrogen (secondary N) is 1. The minimum atomic E-state index is -3.19. The lowest BCUT2D eigenvalue weighted by atomic mass is 9.95. The van der Waals surface area contributed by atoms with Gasteiger partial charge in [-0.3, -0.25) is 0 Å². The highest BCUT2D eigenvalue weighted by molar-refractivity contribution is 7.92. The van der Waals surface area contributed by atoms with Gasteiger partial charge in [-0.1, -0.05) is 32.4 Å². The summed E-state index contributed by atoms with van der Waals surface area (Å²) in [6.07, 6.45) is 3.57. The summed E-state index contributed by atoms with van der Waals surface area (Å²) in [6, 6.07) is 7.76. The molecule has 1 aromatic carbocycles. The van der Waals surface area contributed by atoms with Gasteiger partial charge in [0.2, 0.25) is 0 Å². The minimum absolute atomic E-state index is 0.237. The first-order valence-electron chi connectivity index (χ1n) is 7.46. The van der Waals surface area contributed by atoms with Crippen LogP contribution in [0.15, 0.2) is 29.2 Å². The van der Waals surface area contributed by atoms with Gasteiger partial charge in [-0.05, 0) is 49.9 Å². The van der Waals surface area contributed by atoms with Crippen LogP contribution in [0.2, 0.25) is 0 Å². The molecule has 0 radical (unpaired) electrons. The zero-order valence-corrected chi connectivity index (χ0v) is 13.4. The Morgan fingerprint density at radius 2 is 1.80 bits per heavy atom. The molecular weight excluding hydrogens is 270 g/mol. The number of rotatable bonds is 4. The molecule has 1 fully saturated rings. The van der Waals surface area contributed by atoms with Crippen LogP contribution in [0.4, 0.5) is 0 Å². The maximum atomic E-state index is 12.7. The van der Waals surface area contributed by atoms with Gasteiger partial charge in [-0.15, -0.1) is 0 Å². The van der Waals surface area contributed by atoms with E-state index in [1.54, 1.807) is 12.1 Å². The molecule has 3 nitrogen and oxygen atoms in total. The standard InChI is InChI=1S/C16H25NO2S/c1-12(2)13-7-9-15(10-8-13)20(18,19)16-6-4-5-14(11-16)17-3/h7-10,12,14,16-17H,4-6,11H2,1-3H3. The molecule has 4 heteroatoms. The van der Waals surface area contributed by atoms with Crippen LogP contribution in [0.3, 0.4) is 0 Å². The van der Waals surface area contributed by atoms with Crippen molar-refractivity contribution in [1.29, 1.82) is 0 Å². The van der Waals surface area contributed by atoms with Crippen LogP contribution in [-0.2, 0) is 9.84 Å². The zero-order valence-electron chi connectivity index (χ0n) is 12.6. The molecule has 1 N–H and O–H groups in total. The monoisotopic (exact) mass is 295 g/mol. The Balaban J connectivity index is 2.21. The topological polar surface area (TPSA) is 46.2 Å². The van der Waals surface area contributed by atoms with E-state index in [0.717, 1.165) is 25.7 Å². The van der Waals surface area contributed by atoms with Crippen molar-refractivity contribution in [1.82, 2.24) is 5.32 Å². The van der Waals surface area contributed by atoms with Gasteiger partial charge in [-0.25, -0.2) is 8.42 Å². The van der Waals surface area contributed by atoms with E-state index < -0.39 is 9.84 Å². The number of sulfone groups is 1. The molecule has 1 aliphatic carbocycles. The van der Waals surface area contributed by atoms with Gasteiger partial charge in [-0.2, -0.15) is 0 Å². The Morgan fingerprint density at radius 1 is 1.15 bits per heavy atom. The van der Waals surface area contributed by atoms with E-state index in [1.807, 2.05) is 19.2 Å². The summed E-state index contributed by atoms with van der Waals surface area (Å²) < 4.78 is 25.4. The van der Waals surface area contributed by atoms with Gasteiger partial charge in [0, 0.05) is 6.04 Å². The molecule has 0 aliphatic heterocycles. The fraction of sp³-hybridized carbons (Fsp3) is 0.625. The largest absolute Gasteiger partial charge is 0.317 e. The van der Waals surface area contributed by atoms with Crippen molar-refractivity contribution in [2.75, 3.05) is 7.05 Å². The highest BCUT2D eigenvalue weighted by Gasteiger charge is 2.32. The molecule has 1 saturated carbocycles. The Labute approximate surface area is 122 Å². The molecule has 0 bridgehead atoms. The van der Waals surface area contributed by atoms with Crippen LogP contribution in [0.5, 0.6) is 0 Å². The lowest BCUT2D eigenvalue weighted by molar-refractivity contribution is 0.390. The molecule has 0 amide bonds. The number of hydrogen-bond donors (Lipinski definition) is 1. The molecule has 2 rings (SSSR count). The van der Waals surface area contributed by atoms with E-state index in [9.17, 15) is 8.42 Å². The molecular formula is C16H25NO2S. The van der Waals surface area contributed by atoms with E-state index in [2.05, 4.69) is 19.2 Å². The van der Waals surface area contributed by atoms with Crippen molar-refractivity contribution < 1.29 is 8.42 Å². The highest BCUT2D eigenvalue weighted by Crippen LogP contribution is 2.29. The van der Waals surface area contributed by atoms with E-state index in [0.29, 0.717) is 16.9 Å². The molecule has 2 unspecified atom stereocenters. The third-order valence-corrected chi connectivity index (χ3v) is 6.58. The maximum Gasteiger partial charge on any atom is 0.181 e. The van der Waals surface area contributed by atoms with Crippen LogP contribution >= 0.6 is 0 Å². The van der Waals surface area contributed by atoms with E-state index >= 15 is 0 Å². The number of benzene rings is 1. The van der Waals surface area contributed by atoms with E-state index in [1.165, 1.54) is 5.56 Å². The molecule has 0 heterocycles. The summed E-state index contributed by atoms with van der Waals surface area (Å²) in [6.45, 7) is 4.23. The number of hydrogen-bond acceptors (Lipinski definition) is 3. The summed E-state index contributed by atoms with van der Waals surface area (Å²) in [5.41, 5.74) is 1.18. The predicted molar refractivity (Wildman–Crippen MR) is 82.8 cm³/mol. The Bertz CT molecular complexity index is 534. The molecule has 0 saturated heterocycles. The summed E-state index contributed by atoms with van der Waals surface area (Å²) in [5, 5.41) is 2.98. The van der Waals surface area contributed by atoms with Crippen molar-refractivity contribution >= 4 is 9.84 Å². The zero-order chi connectivity index (χ0) is 14.8. The predicted octanol–water partition coefficient (Wildman–Crippen LogP) is 3.11. The van der Waals surface area contributed by atoms with Crippen LogP contribution in [0.25, 0.3) is 0 Å². The maximum absolute atomic E-state index is 12.7. The Hall–Kier alpha value is -0.870. The summed E-state index contributed by atoms with van der Waals surface area (Å²) in [5.74, 6) is 0.426. The van der Waals surface area contributed by atoms with Crippen LogP contribution in [0, 0.1) is 0 Å². The second kappa shape index (κ2) is 6.27. The average Bonchev–Trinajstić information content (AvgIpc) is 2.47. The van der Waals surface area contributed by atoms with Crippen molar-refractivity contribution in [2.24, 2.45) is 0 Å². The van der Waals surface area contributed by atoms with Gasteiger partial charge in [0.1, 0.15) is 0 Å². The Morgan fingerprint density at radius 3 is 2.35 bits per heavy atom. The molecule has 112 valence electrons. The van der Waals surface area contributed by atoms with Gasteiger partial charge < -0.3 is 5.32 Å².